The van der Waals surface area contributed by atoms with Crippen LogP contribution in [0.5, 0.6) is 5.75 Å². The molecule has 0 bridgehead atoms. The van der Waals surface area contributed by atoms with E-state index >= 15 is 0 Å². The van der Waals surface area contributed by atoms with Crippen LogP contribution >= 0.6 is 0 Å². The minimum absolute atomic E-state index is 0.0609. The Hall–Kier alpha value is -1.34. The first kappa shape index (κ1) is 25.3. The van der Waals surface area contributed by atoms with Gasteiger partial charge in [-0.05, 0) is 67.6 Å². The van der Waals surface area contributed by atoms with E-state index in [1.54, 1.807) is 7.11 Å². The highest BCUT2D eigenvalue weighted by Crippen LogP contribution is 2.44. The van der Waals surface area contributed by atoms with Crippen molar-refractivity contribution in [1.29, 1.82) is 0 Å². The van der Waals surface area contributed by atoms with Gasteiger partial charge in [0, 0.05) is 22.5 Å². The van der Waals surface area contributed by atoms with Crippen molar-refractivity contribution >= 4 is 8.80 Å². The molecule has 2 nitrogen and oxygen atoms in total. The van der Waals surface area contributed by atoms with E-state index in [9.17, 15) is 17.6 Å². The lowest BCUT2D eigenvalue weighted by molar-refractivity contribution is 0.192. The third-order valence-electron chi connectivity index (χ3n) is 7.55. The van der Waals surface area contributed by atoms with E-state index in [0.717, 1.165) is 44.1 Å². The van der Waals surface area contributed by atoms with Crippen LogP contribution in [0.1, 0.15) is 69.3 Å². The molecule has 3 rings (SSSR count). The van der Waals surface area contributed by atoms with Gasteiger partial charge in [0.1, 0.15) is 0 Å². The van der Waals surface area contributed by atoms with Crippen LogP contribution in [0.3, 0.4) is 0 Å². The standard InChI is InChI=1S/C25H36F4O2Si/c1-30-11-3-2-4-12-32-13-9-20(10-14-32)18-5-7-19(8-6-18)21-15-22(26)25(23(27)16-21)31-17-24(28)29/h15-20,32H,2-14H2,1H3/t18?,19?,20-,32-. The summed E-state index contributed by atoms with van der Waals surface area (Å²) in [5.41, 5.74) is 0.611. The predicted octanol–water partition coefficient (Wildman–Crippen LogP) is 7.81. The smallest absolute Gasteiger partial charge is 0.305 e. The van der Waals surface area contributed by atoms with Crippen LogP contribution in [0.2, 0.25) is 18.1 Å². The maximum atomic E-state index is 14.2. The minimum Gasteiger partial charge on any atom is -0.453 e. The molecule has 0 spiro atoms. The van der Waals surface area contributed by atoms with Crippen LogP contribution in [0, 0.1) is 23.5 Å². The zero-order valence-electron chi connectivity index (χ0n) is 19.1. The lowest BCUT2D eigenvalue weighted by atomic mass is 9.72. The van der Waals surface area contributed by atoms with E-state index < -0.39 is 32.3 Å². The fourth-order valence-electron chi connectivity index (χ4n) is 5.76. The molecule has 1 saturated heterocycles. The predicted molar refractivity (Wildman–Crippen MR) is 122 cm³/mol. The van der Waals surface area contributed by atoms with Gasteiger partial charge in [0.25, 0.3) is 0 Å². The number of hydrogen-bond donors (Lipinski definition) is 0. The van der Waals surface area contributed by atoms with E-state index in [1.807, 2.05) is 0 Å². The number of ether oxygens (including phenoxy) is 2. The quantitative estimate of drug-likeness (QED) is 0.150. The second-order valence-electron chi connectivity index (χ2n) is 9.57. The van der Waals surface area contributed by atoms with Crippen LogP contribution in [0.15, 0.2) is 24.5 Å². The Kier molecular flexibility index (Phi) is 10.1. The molecule has 32 heavy (non-hydrogen) atoms. The van der Waals surface area contributed by atoms with E-state index in [1.165, 1.54) is 62.4 Å². The number of benzene rings is 1. The molecule has 0 atom stereocenters. The van der Waals surface area contributed by atoms with Crippen LogP contribution in [0.4, 0.5) is 17.6 Å². The highest BCUT2D eigenvalue weighted by molar-refractivity contribution is 6.58. The first-order valence-corrected chi connectivity index (χ1v) is 14.6. The van der Waals surface area contributed by atoms with Crippen molar-refractivity contribution in [3.63, 3.8) is 0 Å². The zero-order chi connectivity index (χ0) is 22.9. The average Bonchev–Trinajstić information content (AvgIpc) is 2.78. The van der Waals surface area contributed by atoms with Crippen molar-refractivity contribution in [3.05, 3.63) is 41.7 Å². The Labute approximate surface area is 191 Å². The molecular weight excluding hydrogens is 436 g/mol. The maximum absolute atomic E-state index is 14.2. The minimum atomic E-state index is -2.13. The summed E-state index contributed by atoms with van der Waals surface area (Å²) in [7, 11) is 1.22. The molecule has 2 fully saturated rings. The topological polar surface area (TPSA) is 18.5 Å². The SMILES string of the molecule is COCCCCC[Si@H]1CC[C@H](C2CCC(c3cc(F)c(OC=C(F)F)c(F)c3)CC2)CC1. The second kappa shape index (κ2) is 12.8. The van der Waals surface area contributed by atoms with Crippen molar-refractivity contribution < 1.29 is 27.0 Å². The molecule has 0 unspecified atom stereocenters. The summed E-state index contributed by atoms with van der Waals surface area (Å²) in [5, 5.41) is 0. The Morgan fingerprint density at radius 2 is 1.56 bits per heavy atom. The molecule has 1 aliphatic carbocycles. The lowest BCUT2D eigenvalue weighted by Gasteiger charge is -2.37. The Bertz CT molecular complexity index is 714. The van der Waals surface area contributed by atoms with Crippen LogP contribution in [-0.4, -0.2) is 22.5 Å². The van der Waals surface area contributed by atoms with Gasteiger partial charge in [0.15, 0.2) is 23.6 Å². The summed E-state index contributed by atoms with van der Waals surface area (Å²) in [6, 6.07) is 6.92. The third kappa shape index (κ3) is 7.34. The van der Waals surface area contributed by atoms with Crippen molar-refractivity contribution in [2.75, 3.05) is 13.7 Å². The second-order valence-corrected chi connectivity index (χ2v) is 13.0. The van der Waals surface area contributed by atoms with Gasteiger partial charge in [-0.2, -0.15) is 8.78 Å². The van der Waals surface area contributed by atoms with Gasteiger partial charge in [0.05, 0.1) is 0 Å². The van der Waals surface area contributed by atoms with Crippen LogP contribution < -0.4 is 4.74 Å². The molecule has 1 aromatic rings. The summed E-state index contributed by atoms with van der Waals surface area (Å²) >= 11 is 0. The van der Waals surface area contributed by atoms with Crippen LogP contribution in [0.25, 0.3) is 0 Å². The summed E-state index contributed by atoms with van der Waals surface area (Å²) in [6.07, 6.45) is 8.59. The molecule has 2 aliphatic rings. The third-order valence-corrected chi connectivity index (χ3v) is 11.1. The highest BCUT2D eigenvalue weighted by atomic mass is 28.3. The normalized spacial score (nSPS) is 26.0. The Balaban J connectivity index is 1.43. The van der Waals surface area contributed by atoms with Crippen molar-refractivity contribution in [2.24, 2.45) is 11.8 Å². The maximum Gasteiger partial charge on any atom is 0.305 e. The van der Waals surface area contributed by atoms with Gasteiger partial charge >= 0.3 is 6.08 Å². The Morgan fingerprint density at radius 3 is 2.16 bits per heavy atom. The number of hydrogen-bond acceptors (Lipinski definition) is 2. The molecule has 180 valence electrons. The number of rotatable bonds is 10. The molecule has 0 radical (unpaired) electrons. The van der Waals surface area contributed by atoms with E-state index in [2.05, 4.69) is 4.74 Å². The molecule has 1 aliphatic heterocycles. The summed E-state index contributed by atoms with van der Waals surface area (Å²) in [6.45, 7) is 0.880. The summed E-state index contributed by atoms with van der Waals surface area (Å²) < 4.78 is 62.3. The summed E-state index contributed by atoms with van der Waals surface area (Å²) in [4.78, 5) is 0. The van der Waals surface area contributed by atoms with E-state index in [4.69, 9.17) is 4.74 Å². The lowest BCUT2D eigenvalue weighted by Crippen LogP contribution is -2.28. The average molecular weight is 473 g/mol. The van der Waals surface area contributed by atoms with Crippen molar-refractivity contribution in [2.45, 2.75) is 81.8 Å². The summed E-state index contributed by atoms with van der Waals surface area (Å²) in [5.74, 6) is -0.946. The fraction of sp³-hybridized carbons (Fsp3) is 0.680. The van der Waals surface area contributed by atoms with Crippen molar-refractivity contribution in [1.82, 2.24) is 0 Å². The molecule has 0 amide bonds. The van der Waals surface area contributed by atoms with Gasteiger partial charge in [-0.1, -0.05) is 43.8 Å². The largest absolute Gasteiger partial charge is 0.453 e. The zero-order valence-corrected chi connectivity index (χ0v) is 20.2. The molecular formula is C25H36F4O2Si. The van der Waals surface area contributed by atoms with Gasteiger partial charge in [-0.25, -0.2) is 8.78 Å². The highest BCUT2D eigenvalue weighted by Gasteiger charge is 2.32. The molecule has 1 saturated carbocycles. The first-order chi connectivity index (χ1) is 15.5. The van der Waals surface area contributed by atoms with E-state index in [-0.39, 0.29) is 12.2 Å². The number of methoxy groups -OCH3 is 1. The monoisotopic (exact) mass is 472 g/mol. The molecule has 7 heteroatoms. The first-order valence-electron chi connectivity index (χ1n) is 12.1. The van der Waals surface area contributed by atoms with Gasteiger partial charge in [0.2, 0.25) is 0 Å². The van der Waals surface area contributed by atoms with E-state index in [0.29, 0.717) is 5.56 Å². The van der Waals surface area contributed by atoms with Crippen LogP contribution in [-0.2, 0) is 4.74 Å². The Morgan fingerprint density at radius 1 is 0.938 bits per heavy atom. The number of halogens is 4. The molecule has 1 heterocycles. The van der Waals surface area contributed by atoms with Gasteiger partial charge < -0.3 is 9.47 Å². The molecule has 0 aromatic heterocycles. The van der Waals surface area contributed by atoms with Crippen molar-refractivity contribution in [3.8, 4) is 5.75 Å². The molecule has 1 aromatic carbocycles. The fourth-order valence-corrected chi connectivity index (χ4v) is 9.29. The van der Waals surface area contributed by atoms with Gasteiger partial charge in [-0.15, -0.1) is 0 Å². The van der Waals surface area contributed by atoms with Gasteiger partial charge in [-0.3, -0.25) is 0 Å². The molecule has 0 N–H and O–H groups in total. The number of unbranched alkanes of at least 4 members (excludes halogenated alkanes) is 2.